The molecule has 1 fully saturated rings. The lowest BCUT2D eigenvalue weighted by atomic mass is 10.0. The van der Waals surface area contributed by atoms with Gasteiger partial charge in [0.1, 0.15) is 11.8 Å². The highest BCUT2D eigenvalue weighted by molar-refractivity contribution is 6.37. The number of benzene rings is 2. The average Bonchev–Trinajstić information content (AvgIpc) is 2.87. The number of anilines is 1. The predicted molar refractivity (Wildman–Crippen MR) is 138 cm³/mol. The number of rotatable bonds is 6. The Morgan fingerprint density at radius 1 is 1.00 bits per heavy atom. The van der Waals surface area contributed by atoms with Crippen LogP contribution in [0.15, 0.2) is 42.5 Å². The Hall–Kier alpha value is -3.18. The number of hydrogen-bond donors (Lipinski definition) is 2. The molecule has 38 heavy (non-hydrogen) atoms. The monoisotopic (exact) mass is 577 g/mol. The second kappa shape index (κ2) is 13.6. The van der Waals surface area contributed by atoms with Gasteiger partial charge in [-0.1, -0.05) is 55.2 Å². The minimum absolute atomic E-state index is 0.0341. The molecule has 2 aromatic rings. The van der Waals surface area contributed by atoms with Gasteiger partial charge in [-0.3, -0.25) is 9.59 Å². The first-order valence-corrected chi connectivity index (χ1v) is 12.2. The van der Waals surface area contributed by atoms with Crippen molar-refractivity contribution in [3.05, 3.63) is 58.1 Å². The first kappa shape index (κ1) is 31.0. The first-order valence-electron chi connectivity index (χ1n) is 11.5. The first-order chi connectivity index (χ1) is 17.8. The van der Waals surface area contributed by atoms with Crippen molar-refractivity contribution in [2.24, 2.45) is 5.92 Å². The fraction of sp³-hybridized carbons (Fsp3) is 0.400. The number of aliphatic carboxylic acids is 1. The molecule has 0 bridgehead atoms. The van der Waals surface area contributed by atoms with Gasteiger partial charge in [0.15, 0.2) is 0 Å². The summed E-state index contributed by atoms with van der Waals surface area (Å²) in [5, 5.41) is 11.0. The molecular weight excluding hydrogens is 550 g/mol. The summed E-state index contributed by atoms with van der Waals surface area (Å²) in [6.07, 6.45) is -5.08. The standard InChI is InChI=1S/C23H27Cl2N3O3.C2HF3O2/c1-15(2)21(26-22(29)16-7-5-4-6-8-16)23(30)28-11-9-27(10-12-28)19-14-20(31-3)18(25)13-17(19)24;3-2(4,5)1(6)7/h4-8,13-15,21H,9-12H2,1-3H3,(H,26,29);(H,6,7)/t21-;/m0./s1. The second-order valence-corrected chi connectivity index (χ2v) is 9.43. The van der Waals surface area contributed by atoms with Crippen LogP contribution in [0.5, 0.6) is 5.75 Å². The summed E-state index contributed by atoms with van der Waals surface area (Å²) in [4.78, 5) is 38.6. The number of carbonyl (C=O) groups excluding carboxylic acids is 2. The molecular formula is C25H28Cl2F3N3O5. The SMILES string of the molecule is COc1cc(N2CCN(C(=O)[C@@H](NC(=O)c3ccccc3)C(C)C)CC2)c(Cl)cc1Cl.O=C(O)C(F)(F)F. The minimum atomic E-state index is -5.08. The molecule has 1 aliphatic heterocycles. The van der Waals surface area contributed by atoms with Gasteiger partial charge in [0, 0.05) is 37.8 Å². The van der Waals surface area contributed by atoms with E-state index in [1.165, 1.54) is 0 Å². The van der Waals surface area contributed by atoms with Crippen molar-refractivity contribution in [1.29, 1.82) is 0 Å². The van der Waals surface area contributed by atoms with Crippen molar-refractivity contribution >= 4 is 46.7 Å². The number of amides is 2. The van der Waals surface area contributed by atoms with Crippen LogP contribution in [0, 0.1) is 5.92 Å². The number of ether oxygens (including phenoxy) is 1. The van der Waals surface area contributed by atoms with Gasteiger partial charge in [0.05, 0.1) is 22.8 Å². The van der Waals surface area contributed by atoms with E-state index in [4.69, 9.17) is 37.8 Å². The van der Waals surface area contributed by atoms with Crippen LogP contribution in [0.25, 0.3) is 0 Å². The Bertz CT molecular complexity index is 1130. The molecule has 0 aromatic heterocycles. The van der Waals surface area contributed by atoms with Crippen molar-refractivity contribution in [3.8, 4) is 5.75 Å². The average molecular weight is 578 g/mol. The Balaban J connectivity index is 0.000000638. The smallest absolute Gasteiger partial charge is 0.490 e. The molecule has 2 amide bonds. The summed E-state index contributed by atoms with van der Waals surface area (Å²) >= 11 is 12.5. The van der Waals surface area contributed by atoms with E-state index >= 15 is 0 Å². The highest BCUT2D eigenvalue weighted by atomic mass is 35.5. The number of hydrogen-bond acceptors (Lipinski definition) is 5. The number of nitrogens with one attached hydrogen (secondary N) is 1. The van der Waals surface area contributed by atoms with Crippen LogP contribution in [0.2, 0.25) is 10.0 Å². The number of nitrogens with zero attached hydrogens (tertiary/aromatic N) is 2. The third-order valence-corrected chi connectivity index (χ3v) is 6.25. The van der Waals surface area contributed by atoms with Gasteiger partial charge in [-0.15, -0.1) is 0 Å². The highest BCUT2D eigenvalue weighted by Crippen LogP contribution is 2.36. The molecule has 0 aliphatic carbocycles. The molecule has 0 spiro atoms. The van der Waals surface area contributed by atoms with Gasteiger partial charge in [-0.05, 0) is 24.1 Å². The molecule has 1 heterocycles. The molecule has 8 nitrogen and oxygen atoms in total. The zero-order valence-electron chi connectivity index (χ0n) is 20.9. The highest BCUT2D eigenvalue weighted by Gasteiger charge is 2.38. The molecule has 0 unspecified atom stereocenters. The van der Waals surface area contributed by atoms with E-state index in [1.54, 1.807) is 42.3 Å². The summed E-state index contributed by atoms with van der Waals surface area (Å²) in [7, 11) is 1.56. The Morgan fingerprint density at radius 3 is 2.03 bits per heavy atom. The number of alkyl halides is 3. The Labute approximate surface area is 228 Å². The lowest BCUT2D eigenvalue weighted by Crippen LogP contribution is -2.56. The fourth-order valence-corrected chi connectivity index (χ4v) is 4.19. The van der Waals surface area contributed by atoms with Crippen LogP contribution in [-0.2, 0) is 9.59 Å². The molecule has 0 saturated carbocycles. The third-order valence-electron chi connectivity index (χ3n) is 5.65. The maximum atomic E-state index is 13.2. The number of halogens is 5. The molecule has 2 N–H and O–H groups in total. The van der Waals surface area contributed by atoms with E-state index in [1.807, 2.05) is 26.0 Å². The largest absolute Gasteiger partial charge is 0.495 e. The molecule has 0 radical (unpaired) electrons. The van der Waals surface area contributed by atoms with E-state index in [9.17, 15) is 22.8 Å². The van der Waals surface area contributed by atoms with E-state index in [0.717, 1.165) is 5.69 Å². The molecule has 208 valence electrons. The van der Waals surface area contributed by atoms with Gasteiger partial charge in [-0.25, -0.2) is 4.79 Å². The van der Waals surface area contributed by atoms with Crippen LogP contribution < -0.4 is 15.0 Å². The Kier molecular flexibility index (Phi) is 11.1. The third kappa shape index (κ3) is 8.42. The van der Waals surface area contributed by atoms with E-state index in [2.05, 4.69) is 10.2 Å². The van der Waals surface area contributed by atoms with Gasteiger partial charge in [0.2, 0.25) is 5.91 Å². The number of piperazine rings is 1. The molecule has 3 rings (SSSR count). The summed E-state index contributed by atoms with van der Waals surface area (Å²) < 4.78 is 37.0. The lowest BCUT2D eigenvalue weighted by Gasteiger charge is -2.38. The quantitative estimate of drug-likeness (QED) is 0.514. The van der Waals surface area contributed by atoms with E-state index in [-0.39, 0.29) is 17.7 Å². The number of carboxylic acids is 1. The zero-order chi connectivity index (χ0) is 28.6. The van der Waals surface area contributed by atoms with E-state index < -0.39 is 18.2 Å². The maximum absolute atomic E-state index is 13.2. The van der Waals surface area contributed by atoms with Crippen molar-refractivity contribution in [3.63, 3.8) is 0 Å². The van der Waals surface area contributed by atoms with Crippen molar-refractivity contribution in [2.45, 2.75) is 26.1 Å². The van der Waals surface area contributed by atoms with Gasteiger partial charge in [-0.2, -0.15) is 13.2 Å². The zero-order valence-corrected chi connectivity index (χ0v) is 22.4. The second-order valence-electron chi connectivity index (χ2n) is 8.61. The van der Waals surface area contributed by atoms with Crippen LogP contribution in [0.3, 0.4) is 0 Å². The molecule has 13 heteroatoms. The van der Waals surface area contributed by atoms with Crippen molar-refractivity contribution in [1.82, 2.24) is 10.2 Å². The van der Waals surface area contributed by atoms with Crippen molar-refractivity contribution in [2.75, 3.05) is 38.2 Å². The predicted octanol–water partition coefficient (Wildman–Crippen LogP) is 4.74. The van der Waals surface area contributed by atoms with Crippen molar-refractivity contribution < 1.29 is 37.4 Å². The van der Waals surface area contributed by atoms with Crippen LogP contribution in [-0.4, -0.2) is 73.3 Å². The van der Waals surface area contributed by atoms with Gasteiger partial charge >= 0.3 is 12.1 Å². The van der Waals surface area contributed by atoms with Gasteiger partial charge < -0.3 is 25.0 Å². The number of carbonyl (C=O) groups is 3. The minimum Gasteiger partial charge on any atom is -0.495 e. The van der Waals surface area contributed by atoms with Crippen LogP contribution >= 0.6 is 23.2 Å². The summed E-state index contributed by atoms with van der Waals surface area (Å²) in [5.74, 6) is -2.55. The molecule has 1 aliphatic rings. The summed E-state index contributed by atoms with van der Waals surface area (Å²) in [6.45, 7) is 6.17. The number of methoxy groups -OCH3 is 1. The molecule has 1 saturated heterocycles. The van der Waals surface area contributed by atoms with Crippen LogP contribution in [0.1, 0.15) is 24.2 Å². The fourth-order valence-electron chi connectivity index (χ4n) is 3.61. The van der Waals surface area contributed by atoms with Crippen LogP contribution in [0.4, 0.5) is 18.9 Å². The van der Waals surface area contributed by atoms with E-state index in [0.29, 0.717) is 47.5 Å². The normalized spacial score (nSPS) is 14.3. The summed E-state index contributed by atoms with van der Waals surface area (Å²) in [6, 6.07) is 11.8. The topological polar surface area (TPSA) is 99.2 Å². The number of carboxylic acid groups (broad SMARTS) is 1. The summed E-state index contributed by atoms with van der Waals surface area (Å²) in [5.41, 5.74) is 1.37. The van der Waals surface area contributed by atoms with Gasteiger partial charge in [0.25, 0.3) is 5.91 Å². The molecule has 1 atom stereocenters. The lowest BCUT2D eigenvalue weighted by molar-refractivity contribution is -0.192. The molecule has 2 aromatic carbocycles. The Morgan fingerprint density at radius 2 is 1.55 bits per heavy atom. The maximum Gasteiger partial charge on any atom is 0.490 e.